The van der Waals surface area contributed by atoms with Crippen molar-refractivity contribution in [2.24, 2.45) is 5.10 Å². The molecule has 1 atom stereocenters. The summed E-state index contributed by atoms with van der Waals surface area (Å²) in [5.74, 6) is 0.643. The van der Waals surface area contributed by atoms with Crippen molar-refractivity contribution >= 4 is 11.6 Å². The van der Waals surface area contributed by atoms with Gasteiger partial charge in [0.05, 0.1) is 37.8 Å². The molecule has 0 bridgehead atoms. The summed E-state index contributed by atoms with van der Waals surface area (Å²) in [7, 11) is 0. The highest BCUT2D eigenvalue weighted by Crippen LogP contribution is 2.33. The van der Waals surface area contributed by atoms with Crippen LogP contribution in [0.15, 0.2) is 52.2 Å². The van der Waals surface area contributed by atoms with Crippen LogP contribution >= 0.6 is 0 Å². The Kier molecular flexibility index (Phi) is 7.89. The molecule has 1 aromatic carbocycles. The van der Waals surface area contributed by atoms with Gasteiger partial charge in [-0.3, -0.25) is 14.6 Å². The first kappa shape index (κ1) is 23.2. The summed E-state index contributed by atoms with van der Waals surface area (Å²) < 4.78 is 11.1. The molecule has 3 heterocycles. The molecule has 0 N–H and O–H groups in total. The minimum atomic E-state index is -0.263. The number of benzene rings is 1. The van der Waals surface area contributed by atoms with Crippen LogP contribution in [-0.2, 0) is 9.53 Å². The first-order valence-electron chi connectivity index (χ1n) is 11.5. The number of morpholine rings is 1. The number of hydrogen-bond acceptors (Lipinski definition) is 7. The van der Waals surface area contributed by atoms with E-state index >= 15 is 0 Å². The monoisotopic (exact) mass is 449 g/mol. The van der Waals surface area contributed by atoms with Gasteiger partial charge >= 0.3 is 0 Å². The fourth-order valence-electron chi connectivity index (χ4n) is 4.21. The lowest BCUT2D eigenvalue weighted by Gasteiger charge is -2.30. The van der Waals surface area contributed by atoms with E-state index in [1.54, 1.807) is 11.3 Å². The molecule has 8 nitrogen and oxygen atoms in total. The molecule has 4 rings (SSSR count). The molecule has 1 aromatic heterocycles. The van der Waals surface area contributed by atoms with E-state index in [0.717, 1.165) is 56.4 Å². The van der Waals surface area contributed by atoms with Gasteiger partial charge in [0.2, 0.25) is 0 Å². The molecule has 33 heavy (non-hydrogen) atoms. The van der Waals surface area contributed by atoms with Crippen LogP contribution in [0.5, 0.6) is 0 Å². The maximum atomic E-state index is 13.4. The van der Waals surface area contributed by atoms with E-state index in [9.17, 15) is 4.79 Å². The van der Waals surface area contributed by atoms with Gasteiger partial charge < -0.3 is 9.15 Å². The quantitative estimate of drug-likeness (QED) is 0.585. The Labute approximate surface area is 195 Å². The maximum Gasteiger partial charge on any atom is 0.257 e. The summed E-state index contributed by atoms with van der Waals surface area (Å²) in [5.41, 5.74) is 3.07. The van der Waals surface area contributed by atoms with E-state index in [-0.39, 0.29) is 18.5 Å². The molecule has 174 valence electrons. The third-order valence-corrected chi connectivity index (χ3v) is 6.16. The van der Waals surface area contributed by atoms with Crippen LogP contribution in [0.1, 0.15) is 35.8 Å². The third-order valence-electron chi connectivity index (χ3n) is 6.16. The number of carbonyl (C=O) groups excluding carboxylic acids is 1. The van der Waals surface area contributed by atoms with Crippen molar-refractivity contribution in [1.82, 2.24) is 14.8 Å². The Hall–Kier alpha value is -2.99. The van der Waals surface area contributed by atoms with Gasteiger partial charge in [-0.05, 0) is 24.6 Å². The number of furan rings is 1. The van der Waals surface area contributed by atoms with Crippen molar-refractivity contribution in [3.63, 3.8) is 0 Å². The number of hydrogen-bond donors (Lipinski definition) is 0. The predicted molar refractivity (Wildman–Crippen MR) is 125 cm³/mol. The Morgan fingerprint density at radius 1 is 1.21 bits per heavy atom. The number of hydrazone groups is 1. The molecular formula is C25H31N5O3. The number of nitrogens with zero attached hydrogens (tertiary/aromatic N) is 5. The molecule has 8 heteroatoms. The van der Waals surface area contributed by atoms with E-state index < -0.39 is 0 Å². The third kappa shape index (κ3) is 6.08. The van der Waals surface area contributed by atoms with Crippen molar-refractivity contribution in [2.75, 3.05) is 52.5 Å². The largest absolute Gasteiger partial charge is 0.467 e. The van der Waals surface area contributed by atoms with Gasteiger partial charge in [0.25, 0.3) is 5.91 Å². The number of ether oxygens (including phenoxy) is 1. The zero-order valence-electron chi connectivity index (χ0n) is 19.2. The second-order valence-corrected chi connectivity index (χ2v) is 8.52. The highest BCUT2D eigenvalue weighted by Gasteiger charge is 2.35. The lowest BCUT2D eigenvalue weighted by Crippen LogP contribution is -2.44. The zero-order chi connectivity index (χ0) is 23.0. The Morgan fingerprint density at radius 2 is 2.00 bits per heavy atom. The minimum Gasteiger partial charge on any atom is -0.467 e. The summed E-state index contributed by atoms with van der Waals surface area (Å²) in [5, 5.41) is 15.4. The van der Waals surface area contributed by atoms with E-state index in [1.165, 1.54) is 5.56 Å². The first-order chi connectivity index (χ1) is 16.1. The van der Waals surface area contributed by atoms with Gasteiger partial charge in [-0.25, -0.2) is 5.01 Å². The van der Waals surface area contributed by atoms with Gasteiger partial charge in [0.1, 0.15) is 11.8 Å². The fourth-order valence-corrected chi connectivity index (χ4v) is 4.21. The summed E-state index contributed by atoms with van der Waals surface area (Å²) >= 11 is 0. The molecule has 2 aliphatic heterocycles. The molecule has 0 saturated carbocycles. The molecule has 2 aromatic rings. The van der Waals surface area contributed by atoms with Gasteiger partial charge in [-0.2, -0.15) is 10.4 Å². The number of rotatable bonds is 9. The number of nitriles is 1. The lowest BCUT2D eigenvalue weighted by molar-refractivity contribution is -0.134. The zero-order valence-corrected chi connectivity index (χ0v) is 19.2. The van der Waals surface area contributed by atoms with Crippen molar-refractivity contribution in [1.29, 1.82) is 5.26 Å². The summed E-state index contributed by atoms with van der Waals surface area (Å²) in [6.45, 7) is 7.68. The lowest BCUT2D eigenvalue weighted by atomic mass is 10.0. The van der Waals surface area contributed by atoms with E-state index in [4.69, 9.17) is 19.5 Å². The molecule has 0 radical (unpaired) electrons. The van der Waals surface area contributed by atoms with E-state index in [2.05, 4.69) is 34.9 Å². The fraction of sp³-hybridized carbons (Fsp3) is 0.480. The average molecular weight is 450 g/mol. The topological polar surface area (TPSA) is 85.3 Å². The smallest absolute Gasteiger partial charge is 0.257 e. The van der Waals surface area contributed by atoms with Crippen LogP contribution in [0.2, 0.25) is 0 Å². The molecule has 0 spiro atoms. The molecule has 2 aliphatic rings. The van der Waals surface area contributed by atoms with Gasteiger partial charge in [-0.1, -0.05) is 29.8 Å². The summed E-state index contributed by atoms with van der Waals surface area (Å²) in [6.07, 6.45) is 2.62. The highest BCUT2D eigenvalue weighted by molar-refractivity contribution is 6.03. The minimum absolute atomic E-state index is 0.0848. The second kappa shape index (κ2) is 11.2. The van der Waals surface area contributed by atoms with Crippen molar-refractivity contribution in [3.05, 3.63) is 59.5 Å². The summed E-state index contributed by atoms with van der Waals surface area (Å²) in [6, 6.07) is 13.9. The normalized spacial score (nSPS) is 19.0. The van der Waals surface area contributed by atoms with Crippen molar-refractivity contribution in [3.8, 4) is 6.07 Å². The Morgan fingerprint density at radius 3 is 2.70 bits per heavy atom. The molecule has 1 amide bonds. The predicted octanol–water partition coefficient (Wildman–Crippen LogP) is 2.81. The Bertz CT molecular complexity index is 974. The molecule has 1 fully saturated rings. The molecular weight excluding hydrogens is 418 g/mol. The maximum absolute atomic E-state index is 13.4. The van der Waals surface area contributed by atoms with Gasteiger partial charge in [0.15, 0.2) is 0 Å². The number of carbonyl (C=O) groups is 1. The van der Waals surface area contributed by atoms with Crippen molar-refractivity contribution in [2.45, 2.75) is 25.8 Å². The van der Waals surface area contributed by atoms with Crippen LogP contribution in [0.25, 0.3) is 0 Å². The number of amides is 1. The average Bonchev–Trinajstić information content (AvgIpc) is 3.52. The highest BCUT2D eigenvalue weighted by atomic mass is 16.5. The van der Waals surface area contributed by atoms with Gasteiger partial charge in [0, 0.05) is 45.6 Å². The van der Waals surface area contributed by atoms with Crippen LogP contribution in [0, 0.1) is 18.3 Å². The van der Waals surface area contributed by atoms with Crippen LogP contribution in [0.4, 0.5) is 0 Å². The van der Waals surface area contributed by atoms with Gasteiger partial charge in [-0.15, -0.1) is 0 Å². The second-order valence-electron chi connectivity index (χ2n) is 8.52. The van der Waals surface area contributed by atoms with Crippen LogP contribution in [0.3, 0.4) is 0 Å². The van der Waals surface area contributed by atoms with Crippen molar-refractivity contribution < 1.29 is 13.9 Å². The standard InChI is InChI=1S/C25H31N5O3/c1-20-5-7-21(8-6-20)22-18-23(24-4-2-15-33-24)30(27-22)25(31)19-29(10-3-9-26)12-11-28-13-16-32-17-14-28/h2,4-8,15,23H,3,10-14,16-19H2,1H3. The first-order valence-corrected chi connectivity index (χ1v) is 11.5. The molecule has 1 saturated heterocycles. The molecule has 1 unspecified atom stereocenters. The van der Waals surface area contributed by atoms with Crippen LogP contribution < -0.4 is 0 Å². The Balaban J connectivity index is 1.47. The molecule has 0 aliphatic carbocycles. The van der Waals surface area contributed by atoms with E-state index in [0.29, 0.717) is 19.4 Å². The number of aryl methyl sites for hydroxylation is 1. The SMILES string of the molecule is Cc1ccc(C2=NN(C(=O)CN(CCC#N)CCN3CCOCC3)C(c3ccco3)C2)cc1. The van der Waals surface area contributed by atoms with Crippen LogP contribution in [-0.4, -0.2) is 78.9 Å². The summed E-state index contributed by atoms with van der Waals surface area (Å²) in [4.78, 5) is 17.8. The van der Waals surface area contributed by atoms with E-state index in [1.807, 2.05) is 24.3 Å².